The molecule has 0 amide bonds. The molecule has 0 unspecified atom stereocenters. The monoisotopic (exact) mass is 261 g/mol. The zero-order valence-electron chi connectivity index (χ0n) is 7.24. The van der Waals surface area contributed by atoms with Gasteiger partial charge in [-0.2, -0.15) is 11.8 Å². The highest BCUT2D eigenvalue weighted by atomic mass is 79.9. The van der Waals surface area contributed by atoms with Gasteiger partial charge in [-0.1, -0.05) is 0 Å². The predicted octanol–water partition coefficient (Wildman–Crippen LogP) is 2.46. The number of nitrogens with zero attached hydrogens (tertiary/aromatic N) is 1. The third-order valence-electron chi connectivity index (χ3n) is 1.48. The fourth-order valence-electron chi connectivity index (χ4n) is 0.891. The van der Waals surface area contributed by atoms with Gasteiger partial charge in [-0.05, 0) is 39.7 Å². The lowest BCUT2D eigenvalue weighted by molar-refractivity contribution is 0.296. The summed E-state index contributed by atoms with van der Waals surface area (Å²) in [5, 5.41) is 8.57. The molecule has 0 aliphatic carbocycles. The smallest absolute Gasteiger partial charge is 0.0438 e. The lowest BCUT2D eigenvalue weighted by Crippen LogP contribution is -1.88. The van der Waals surface area contributed by atoms with Gasteiger partial charge in [0.25, 0.3) is 0 Å². The highest BCUT2D eigenvalue weighted by Crippen LogP contribution is 2.15. The molecule has 0 spiro atoms. The molecule has 0 aromatic carbocycles. The van der Waals surface area contributed by atoms with Crippen LogP contribution in [0.2, 0.25) is 0 Å². The van der Waals surface area contributed by atoms with E-state index in [-0.39, 0.29) is 6.61 Å². The van der Waals surface area contributed by atoms with Crippen LogP contribution in [0.4, 0.5) is 0 Å². The van der Waals surface area contributed by atoms with Crippen LogP contribution in [0.15, 0.2) is 22.9 Å². The summed E-state index contributed by atoms with van der Waals surface area (Å²) in [6.07, 6.45) is 4.52. The lowest BCUT2D eigenvalue weighted by atomic mass is 10.3. The highest BCUT2D eigenvalue weighted by molar-refractivity contribution is 9.10. The van der Waals surface area contributed by atoms with E-state index in [0.29, 0.717) is 0 Å². The molecule has 1 aromatic rings. The van der Waals surface area contributed by atoms with Gasteiger partial charge in [0, 0.05) is 29.2 Å². The van der Waals surface area contributed by atoms with Gasteiger partial charge in [-0.25, -0.2) is 0 Å². The average molecular weight is 262 g/mol. The second-order valence-electron chi connectivity index (χ2n) is 2.64. The Hall–Kier alpha value is -0.0600. The molecule has 2 nitrogen and oxygen atoms in total. The van der Waals surface area contributed by atoms with Crippen LogP contribution in [0.5, 0.6) is 0 Å². The van der Waals surface area contributed by atoms with E-state index in [1.165, 1.54) is 5.56 Å². The summed E-state index contributed by atoms with van der Waals surface area (Å²) in [6, 6.07) is 2.07. The summed E-state index contributed by atoms with van der Waals surface area (Å²) in [4.78, 5) is 4.07. The van der Waals surface area contributed by atoms with Crippen LogP contribution < -0.4 is 0 Å². The van der Waals surface area contributed by atoms with E-state index in [1.807, 2.05) is 18.0 Å². The van der Waals surface area contributed by atoms with Gasteiger partial charge >= 0.3 is 0 Å². The van der Waals surface area contributed by atoms with Crippen LogP contribution in [-0.4, -0.2) is 22.5 Å². The van der Waals surface area contributed by atoms with Gasteiger partial charge in [-0.15, -0.1) is 0 Å². The number of aliphatic hydroxyl groups excluding tert-OH is 1. The van der Waals surface area contributed by atoms with Gasteiger partial charge in [0.15, 0.2) is 0 Å². The van der Waals surface area contributed by atoms with Crippen LogP contribution in [0, 0.1) is 0 Å². The zero-order chi connectivity index (χ0) is 9.52. The number of hydrogen-bond donors (Lipinski definition) is 1. The molecule has 0 saturated carbocycles. The molecule has 0 radical (unpaired) electrons. The fraction of sp³-hybridized carbons (Fsp3) is 0.444. The lowest BCUT2D eigenvalue weighted by Gasteiger charge is -2.00. The number of thioether (sulfide) groups is 1. The molecule has 72 valence electrons. The highest BCUT2D eigenvalue weighted by Gasteiger charge is 1.94. The summed E-state index contributed by atoms with van der Waals surface area (Å²) >= 11 is 5.19. The quantitative estimate of drug-likeness (QED) is 0.827. The maximum Gasteiger partial charge on any atom is 0.0438 e. The molecule has 0 saturated heterocycles. The Morgan fingerprint density at radius 2 is 2.31 bits per heavy atom. The summed E-state index contributed by atoms with van der Waals surface area (Å²) < 4.78 is 1.02. The van der Waals surface area contributed by atoms with Crippen molar-refractivity contribution in [1.29, 1.82) is 0 Å². The van der Waals surface area contributed by atoms with Crippen LogP contribution in [-0.2, 0) is 5.75 Å². The Labute approximate surface area is 90.9 Å². The Morgan fingerprint density at radius 3 is 3.00 bits per heavy atom. The first kappa shape index (κ1) is 11.0. The van der Waals surface area contributed by atoms with Crippen molar-refractivity contribution in [1.82, 2.24) is 4.98 Å². The Balaban J connectivity index is 2.28. The molecule has 1 rings (SSSR count). The van der Waals surface area contributed by atoms with Crippen LogP contribution in [0.1, 0.15) is 12.0 Å². The average Bonchev–Trinajstić information content (AvgIpc) is 2.13. The number of aromatic nitrogens is 1. The van der Waals surface area contributed by atoms with E-state index in [1.54, 1.807) is 6.20 Å². The maximum atomic E-state index is 8.57. The summed E-state index contributed by atoms with van der Waals surface area (Å²) in [5.74, 6) is 1.97. The van der Waals surface area contributed by atoms with Crippen molar-refractivity contribution in [2.75, 3.05) is 12.4 Å². The molecule has 13 heavy (non-hydrogen) atoms. The van der Waals surface area contributed by atoms with Crippen LogP contribution >= 0.6 is 27.7 Å². The van der Waals surface area contributed by atoms with Gasteiger partial charge in [0.2, 0.25) is 0 Å². The normalized spacial score (nSPS) is 10.3. The molecule has 0 aliphatic rings. The van der Waals surface area contributed by atoms with Crippen molar-refractivity contribution in [2.45, 2.75) is 12.2 Å². The van der Waals surface area contributed by atoms with Crippen molar-refractivity contribution in [3.05, 3.63) is 28.5 Å². The van der Waals surface area contributed by atoms with Crippen LogP contribution in [0.25, 0.3) is 0 Å². The van der Waals surface area contributed by atoms with E-state index in [0.717, 1.165) is 22.4 Å². The standard InChI is InChI=1S/C9H12BrNOS/c10-9-4-8(5-11-6-9)7-13-3-1-2-12/h4-6,12H,1-3,7H2. The zero-order valence-corrected chi connectivity index (χ0v) is 9.64. The maximum absolute atomic E-state index is 8.57. The van der Waals surface area contributed by atoms with Crippen molar-refractivity contribution >= 4 is 27.7 Å². The SMILES string of the molecule is OCCCSCc1cncc(Br)c1. The van der Waals surface area contributed by atoms with E-state index in [4.69, 9.17) is 5.11 Å². The van der Waals surface area contributed by atoms with Gasteiger partial charge in [-0.3, -0.25) is 4.98 Å². The first-order valence-corrected chi connectivity index (χ1v) is 6.05. The first-order chi connectivity index (χ1) is 6.33. The minimum atomic E-state index is 0.281. The number of pyridine rings is 1. The van der Waals surface area contributed by atoms with E-state index in [9.17, 15) is 0 Å². The molecule has 1 N–H and O–H groups in total. The Bertz CT molecular complexity index is 257. The second kappa shape index (κ2) is 6.40. The molecular formula is C9H12BrNOS. The molecule has 0 fully saturated rings. The van der Waals surface area contributed by atoms with E-state index >= 15 is 0 Å². The largest absolute Gasteiger partial charge is 0.396 e. The van der Waals surface area contributed by atoms with Crippen molar-refractivity contribution in [3.63, 3.8) is 0 Å². The molecule has 1 heterocycles. The number of hydrogen-bond acceptors (Lipinski definition) is 3. The number of halogens is 1. The molecule has 0 atom stereocenters. The number of rotatable bonds is 5. The van der Waals surface area contributed by atoms with Gasteiger partial charge in [0.1, 0.15) is 0 Å². The number of aliphatic hydroxyl groups is 1. The molecule has 0 bridgehead atoms. The predicted molar refractivity (Wildman–Crippen MR) is 59.8 cm³/mol. The fourth-order valence-corrected chi connectivity index (χ4v) is 2.17. The van der Waals surface area contributed by atoms with Gasteiger partial charge in [0.05, 0.1) is 0 Å². The topological polar surface area (TPSA) is 33.1 Å². The summed E-state index contributed by atoms with van der Waals surface area (Å²) in [7, 11) is 0. The first-order valence-electron chi connectivity index (χ1n) is 4.11. The van der Waals surface area contributed by atoms with Gasteiger partial charge < -0.3 is 5.11 Å². The summed E-state index contributed by atoms with van der Waals surface area (Å²) in [5.41, 5.74) is 1.22. The van der Waals surface area contributed by atoms with E-state index < -0.39 is 0 Å². The second-order valence-corrected chi connectivity index (χ2v) is 4.66. The Morgan fingerprint density at radius 1 is 1.46 bits per heavy atom. The van der Waals surface area contributed by atoms with Crippen LogP contribution in [0.3, 0.4) is 0 Å². The van der Waals surface area contributed by atoms with Crippen molar-refractivity contribution in [3.8, 4) is 0 Å². The third kappa shape index (κ3) is 4.64. The van der Waals surface area contributed by atoms with Crippen molar-refractivity contribution < 1.29 is 5.11 Å². The van der Waals surface area contributed by atoms with Crippen molar-refractivity contribution in [2.24, 2.45) is 0 Å². The molecular weight excluding hydrogens is 250 g/mol. The molecule has 0 aliphatic heterocycles. The molecule has 4 heteroatoms. The Kier molecular flexibility index (Phi) is 5.43. The summed E-state index contributed by atoms with van der Waals surface area (Å²) in [6.45, 7) is 0.281. The minimum absolute atomic E-state index is 0.281. The molecule has 1 aromatic heterocycles. The van der Waals surface area contributed by atoms with E-state index in [2.05, 4.69) is 27.0 Å². The minimum Gasteiger partial charge on any atom is -0.396 e. The third-order valence-corrected chi connectivity index (χ3v) is 3.03.